The highest BCUT2D eigenvalue weighted by Gasteiger charge is 2.17. The van der Waals surface area contributed by atoms with Crippen LogP contribution in [0, 0.1) is 0 Å². The zero-order chi connectivity index (χ0) is 12.3. The average molecular weight is 233 g/mol. The monoisotopic (exact) mass is 233 g/mol. The van der Waals surface area contributed by atoms with Gasteiger partial charge < -0.3 is 10.8 Å². The molecule has 0 bridgehead atoms. The van der Waals surface area contributed by atoms with Crippen LogP contribution in [-0.2, 0) is 4.79 Å². The van der Waals surface area contributed by atoms with Crippen molar-refractivity contribution in [1.29, 1.82) is 0 Å². The lowest BCUT2D eigenvalue weighted by molar-refractivity contribution is -0.138. The number of hydrogen-bond donors (Lipinski definition) is 2. The normalized spacial score (nSPS) is 18.9. The lowest BCUT2D eigenvalue weighted by Crippen LogP contribution is -2.20. The third-order valence-corrected chi connectivity index (χ3v) is 3.64. The minimum absolute atomic E-state index is 0.652. The fraction of sp³-hybridized carbons (Fsp3) is 0.500. The number of carboxylic acid groups (broad SMARTS) is 1. The zero-order valence-electron chi connectivity index (χ0n) is 9.93. The SMILES string of the molecule is NC(C(=O)O)c1ccc(C2CCCCC2)cc1. The molecular weight excluding hydrogens is 214 g/mol. The molecule has 0 heterocycles. The van der Waals surface area contributed by atoms with Crippen molar-refractivity contribution in [3.05, 3.63) is 35.4 Å². The number of nitrogens with two attached hydrogens (primary N) is 1. The molecule has 1 fully saturated rings. The molecule has 0 aromatic heterocycles. The topological polar surface area (TPSA) is 63.3 Å². The molecule has 3 nitrogen and oxygen atoms in total. The summed E-state index contributed by atoms with van der Waals surface area (Å²) in [5, 5.41) is 8.83. The highest BCUT2D eigenvalue weighted by Crippen LogP contribution is 2.32. The molecule has 1 aromatic rings. The van der Waals surface area contributed by atoms with Gasteiger partial charge in [-0.05, 0) is 29.9 Å². The van der Waals surface area contributed by atoms with Crippen LogP contribution in [0.3, 0.4) is 0 Å². The first-order chi connectivity index (χ1) is 8.18. The molecule has 1 aliphatic carbocycles. The summed E-state index contributed by atoms with van der Waals surface area (Å²) in [5.74, 6) is -0.325. The van der Waals surface area contributed by atoms with Gasteiger partial charge in [-0.3, -0.25) is 4.79 Å². The van der Waals surface area contributed by atoms with Crippen LogP contribution in [0.4, 0.5) is 0 Å². The quantitative estimate of drug-likeness (QED) is 0.843. The maximum absolute atomic E-state index is 10.8. The second-order valence-electron chi connectivity index (χ2n) is 4.82. The van der Waals surface area contributed by atoms with Gasteiger partial charge >= 0.3 is 5.97 Å². The van der Waals surface area contributed by atoms with E-state index in [-0.39, 0.29) is 0 Å². The number of rotatable bonds is 3. The predicted molar refractivity (Wildman–Crippen MR) is 66.8 cm³/mol. The Hall–Kier alpha value is -1.35. The van der Waals surface area contributed by atoms with Gasteiger partial charge in [0.2, 0.25) is 0 Å². The summed E-state index contributed by atoms with van der Waals surface area (Å²) in [6, 6.07) is 6.86. The summed E-state index contributed by atoms with van der Waals surface area (Å²) in [4.78, 5) is 10.8. The van der Waals surface area contributed by atoms with E-state index in [2.05, 4.69) is 0 Å². The van der Waals surface area contributed by atoms with Gasteiger partial charge in [-0.25, -0.2) is 0 Å². The Morgan fingerprint density at radius 2 is 1.76 bits per heavy atom. The van der Waals surface area contributed by atoms with Crippen LogP contribution in [0.15, 0.2) is 24.3 Å². The van der Waals surface area contributed by atoms with Crippen molar-refractivity contribution in [1.82, 2.24) is 0 Å². The summed E-state index contributed by atoms with van der Waals surface area (Å²) in [6.45, 7) is 0. The van der Waals surface area contributed by atoms with E-state index in [0.29, 0.717) is 11.5 Å². The van der Waals surface area contributed by atoms with Gasteiger partial charge in [0.15, 0.2) is 0 Å². The number of hydrogen-bond acceptors (Lipinski definition) is 2. The molecule has 0 saturated heterocycles. The number of carbonyl (C=O) groups is 1. The van der Waals surface area contributed by atoms with E-state index < -0.39 is 12.0 Å². The van der Waals surface area contributed by atoms with Gasteiger partial charge in [0.1, 0.15) is 6.04 Å². The van der Waals surface area contributed by atoms with E-state index in [1.165, 1.54) is 37.7 Å². The van der Waals surface area contributed by atoms with Crippen molar-refractivity contribution in [3.63, 3.8) is 0 Å². The van der Waals surface area contributed by atoms with Crippen molar-refractivity contribution >= 4 is 5.97 Å². The molecule has 1 saturated carbocycles. The predicted octanol–water partition coefficient (Wildman–Crippen LogP) is 2.82. The minimum Gasteiger partial charge on any atom is -0.480 e. The highest BCUT2D eigenvalue weighted by molar-refractivity contribution is 5.75. The maximum atomic E-state index is 10.8. The van der Waals surface area contributed by atoms with Crippen LogP contribution >= 0.6 is 0 Å². The van der Waals surface area contributed by atoms with Crippen LogP contribution < -0.4 is 5.73 Å². The molecule has 92 valence electrons. The Balaban J connectivity index is 2.09. The summed E-state index contributed by atoms with van der Waals surface area (Å²) in [6.07, 6.45) is 6.47. The highest BCUT2D eigenvalue weighted by atomic mass is 16.4. The molecule has 1 atom stereocenters. The first kappa shape index (κ1) is 12.1. The molecule has 0 amide bonds. The molecule has 0 spiro atoms. The van der Waals surface area contributed by atoms with Gasteiger partial charge in [-0.1, -0.05) is 43.5 Å². The van der Waals surface area contributed by atoms with Crippen molar-refractivity contribution in [2.24, 2.45) is 5.73 Å². The fourth-order valence-electron chi connectivity index (χ4n) is 2.55. The zero-order valence-corrected chi connectivity index (χ0v) is 9.93. The Kier molecular flexibility index (Phi) is 3.79. The third kappa shape index (κ3) is 2.86. The second-order valence-corrected chi connectivity index (χ2v) is 4.82. The van der Waals surface area contributed by atoms with E-state index in [1.54, 1.807) is 0 Å². The molecule has 17 heavy (non-hydrogen) atoms. The molecule has 0 aliphatic heterocycles. The molecular formula is C14H19NO2. The van der Waals surface area contributed by atoms with Gasteiger partial charge in [0.25, 0.3) is 0 Å². The molecule has 3 heteroatoms. The summed E-state index contributed by atoms with van der Waals surface area (Å²) in [5.41, 5.74) is 7.57. The summed E-state index contributed by atoms with van der Waals surface area (Å²) < 4.78 is 0. The van der Waals surface area contributed by atoms with Crippen molar-refractivity contribution in [3.8, 4) is 0 Å². The van der Waals surface area contributed by atoms with Crippen LogP contribution in [0.25, 0.3) is 0 Å². The van der Waals surface area contributed by atoms with Crippen LogP contribution in [0.1, 0.15) is 55.2 Å². The first-order valence-electron chi connectivity index (χ1n) is 6.26. The van der Waals surface area contributed by atoms with Crippen LogP contribution in [-0.4, -0.2) is 11.1 Å². The van der Waals surface area contributed by atoms with Crippen LogP contribution in [0.2, 0.25) is 0 Å². The average Bonchev–Trinajstić information content (AvgIpc) is 2.39. The van der Waals surface area contributed by atoms with Crippen molar-refractivity contribution in [2.75, 3.05) is 0 Å². The van der Waals surface area contributed by atoms with E-state index in [1.807, 2.05) is 24.3 Å². The Bertz CT molecular complexity index is 380. The van der Waals surface area contributed by atoms with E-state index >= 15 is 0 Å². The smallest absolute Gasteiger partial charge is 0.325 e. The molecule has 0 radical (unpaired) electrons. The maximum Gasteiger partial charge on any atom is 0.325 e. The summed E-state index contributed by atoms with van der Waals surface area (Å²) >= 11 is 0. The summed E-state index contributed by atoms with van der Waals surface area (Å²) in [7, 11) is 0. The number of benzene rings is 1. The minimum atomic E-state index is -0.976. The van der Waals surface area contributed by atoms with Crippen molar-refractivity contribution in [2.45, 2.75) is 44.1 Å². The molecule has 1 aliphatic rings. The van der Waals surface area contributed by atoms with Gasteiger partial charge in [-0.2, -0.15) is 0 Å². The van der Waals surface area contributed by atoms with Gasteiger partial charge in [0, 0.05) is 0 Å². The van der Waals surface area contributed by atoms with Gasteiger partial charge in [0.05, 0.1) is 0 Å². The first-order valence-corrected chi connectivity index (χ1v) is 6.26. The fourth-order valence-corrected chi connectivity index (χ4v) is 2.55. The lowest BCUT2D eigenvalue weighted by atomic mass is 9.84. The molecule has 1 aromatic carbocycles. The molecule has 1 unspecified atom stereocenters. The third-order valence-electron chi connectivity index (χ3n) is 3.64. The lowest BCUT2D eigenvalue weighted by Gasteiger charge is -2.22. The molecule has 3 N–H and O–H groups in total. The van der Waals surface area contributed by atoms with E-state index in [9.17, 15) is 4.79 Å². The Morgan fingerprint density at radius 1 is 1.18 bits per heavy atom. The Labute approximate surface area is 102 Å². The number of carboxylic acids is 1. The van der Waals surface area contributed by atoms with Crippen LogP contribution in [0.5, 0.6) is 0 Å². The Morgan fingerprint density at radius 3 is 2.29 bits per heavy atom. The van der Waals surface area contributed by atoms with E-state index in [0.717, 1.165) is 0 Å². The largest absolute Gasteiger partial charge is 0.480 e. The molecule has 2 rings (SSSR count). The number of aliphatic carboxylic acids is 1. The van der Waals surface area contributed by atoms with Gasteiger partial charge in [-0.15, -0.1) is 0 Å². The van der Waals surface area contributed by atoms with Crippen molar-refractivity contribution < 1.29 is 9.90 Å². The second kappa shape index (κ2) is 5.32. The van der Waals surface area contributed by atoms with E-state index in [4.69, 9.17) is 10.8 Å². The standard InChI is InChI=1S/C14H19NO2/c15-13(14(16)17)12-8-6-11(7-9-12)10-4-2-1-3-5-10/h6-10,13H,1-5,15H2,(H,16,17).